The van der Waals surface area contributed by atoms with Gasteiger partial charge in [-0.05, 0) is 64.3 Å². The van der Waals surface area contributed by atoms with Crippen LogP contribution in [0.25, 0.3) is 22.3 Å². The number of fused-ring (bicyclic) bond motifs is 1. The van der Waals surface area contributed by atoms with Crippen molar-refractivity contribution in [2.75, 3.05) is 6.61 Å². The zero-order valence-corrected chi connectivity index (χ0v) is 21.0. The van der Waals surface area contributed by atoms with Crippen LogP contribution in [0, 0.1) is 17.2 Å². The standard InChI is InChI=1S/C26H33N5O3/c1-17(2)13-26(6,30-24(32)34-25(3,4)5)15-33-21-9-8-18(12-19(21)14-27)22-20-10-11-31(7)23(20)29-16-28-22/h8-12,16-17H,13,15H2,1-7H3,(H,30,32). The molecule has 3 rings (SSSR count). The first-order valence-corrected chi connectivity index (χ1v) is 11.4. The van der Waals surface area contributed by atoms with Crippen LogP contribution in [0.15, 0.2) is 36.8 Å². The van der Waals surface area contributed by atoms with E-state index < -0.39 is 17.2 Å². The van der Waals surface area contributed by atoms with Crippen molar-refractivity contribution in [1.82, 2.24) is 19.9 Å². The van der Waals surface area contributed by atoms with Crippen LogP contribution in [0.5, 0.6) is 5.75 Å². The van der Waals surface area contributed by atoms with Crippen molar-refractivity contribution in [3.05, 3.63) is 42.4 Å². The smallest absolute Gasteiger partial charge is 0.408 e. The largest absolute Gasteiger partial charge is 0.490 e. The van der Waals surface area contributed by atoms with Gasteiger partial charge in [-0.15, -0.1) is 0 Å². The SMILES string of the molecule is CC(C)CC(C)(COc1ccc(-c2ncnc3c2ccn3C)cc1C#N)NC(=O)OC(C)(C)C. The number of carbonyl (C=O) groups excluding carboxylic acids is 1. The minimum atomic E-state index is -0.676. The van der Waals surface area contributed by atoms with Gasteiger partial charge in [0.1, 0.15) is 36.0 Å². The van der Waals surface area contributed by atoms with Crippen molar-refractivity contribution >= 4 is 17.1 Å². The Morgan fingerprint density at radius 2 is 1.94 bits per heavy atom. The van der Waals surface area contributed by atoms with Crippen molar-refractivity contribution in [3.8, 4) is 23.1 Å². The molecule has 0 saturated heterocycles. The van der Waals surface area contributed by atoms with E-state index in [1.807, 2.05) is 57.6 Å². The predicted octanol–water partition coefficient (Wildman–Crippen LogP) is 5.22. The maximum atomic E-state index is 12.4. The van der Waals surface area contributed by atoms with Gasteiger partial charge in [-0.3, -0.25) is 0 Å². The third kappa shape index (κ3) is 6.04. The third-order valence-corrected chi connectivity index (χ3v) is 5.24. The van der Waals surface area contributed by atoms with Gasteiger partial charge in [-0.25, -0.2) is 14.8 Å². The average Bonchev–Trinajstić information content (AvgIpc) is 3.11. The number of hydrogen-bond donors (Lipinski definition) is 1. The summed E-state index contributed by atoms with van der Waals surface area (Å²) in [4.78, 5) is 21.2. The number of alkyl carbamates (subject to hydrolysis) is 1. The van der Waals surface area contributed by atoms with Crippen LogP contribution in [0.1, 0.15) is 53.5 Å². The zero-order chi connectivity index (χ0) is 25.1. The Labute approximate surface area is 200 Å². The molecular formula is C26H33N5O3. The Morgan fingerprint density at radius 3 is 2.59 bits per heavy atom. The molecule has 1 N–H and O–H groups in total. The highest BCUT2D eigenvalue weighted by Crippen LogP contribution is 2.30. The lowest BCUT2D eigenvalue weighted by atomic mass is 9.91. The number of aryl methyl sites for hydroxylation is 1. The highest BCUT2D eigenvalue weighted by atomic mass is 16.6. The molecule has 180 valence electrons. The van der Waals surface area contributed by atoms with E-state index in [1.165, 1.54) is 6.33 Å². The van der Waals surface area contributed by atoms with E-state index in [2.05, 4.69) is 35.2 Å². The summed E-state index contributed by atoms with van der Waals surface area (Å²) in [6.45, 7) is 11.7. The molecule has 0 radical (unpaired) electrons. The Balaban J connectivity index is 1.83. The number of ether oxygens (including phenoxy) is 2. The Kier molecular flexibility index (Phi) is 7.15. The molecule has 1 atom stereocenters. The van der Waals surface area contributed by atoms with Gasteiger partial charge in [0.05, 0.1) is 16.8 Å². The summed E-state index contributed by atoms with van der Waals surface area (Å²) < 4.78 is 13.4. The van der Waals surface area contributed by atoms with Crippen LogP contribution in [0.3, 0.4) is 0 Å². The number of nitriles is 1. The monoisotopic (exact) mass is 463 g/mol. The lowest BCUT2D eigenvalue weighted by molar-refractivity contribution is 0.0408. The fourth-order valence-corrected chi connectivity index (χ4v) is 4.03. The molecule has 34 heavy (non-hydrogen) atoms. The second-order valence-corrected chi connectivity index (χ2v) is 10.3. The summed E-state index contributed by atoms with van der Waals surface area (Å²) in [5, 5.41) is 13.7. The number of amides is 1. The van der Waals surface area contributed by atoms with Crippen LogP contribution in [-0.2, 0) is 11.8 Å². The van der Waals surface area contributed by atoms with E-state index in [4.69, 9.17) is 9.47 Å². The van der Waals surface area contributed by atoms with Gasteiger partial charge in [0.15, 0.2) is 0 Å². The van der Waals surface area contributed by atoms with E-state index >= 15 is 0 Å². The molecule has 0 saturated carbocycles. The van der Waals surface area contributed by atoms with E-state index in [9.17, 15) is 10.1 Å². The third-order valence-electron chi connectivity index (χ3n) is 5.24. The summed E-state index contributed by atoms with van der Waals surface area (Å²) in [5.74, 6) is 0.762. The molecule has 0 spiro atoms. The van der Waals surface area contributed by atoms with Crippen LogP contribution in [0.4, 0.5) is 4.79 Å². The zero-order valence-electron chi connectivity index (χ0n) is 21.0. The van der Waals surface area contributed by atoms with Gasteiger partial charge in [0, 0.05) is 24.2 Å². The first kappa shape index (κ1) is 25.0. The second kappa shape index (κ2) is 9.72. The van der Waals surface area contributed by atoms with E-state index in [-0.39, 0.29) is 6.61 Å². The molecule has 2 aromatic heterocycles. The molecule has 3 aromatic rings. The Hall–Kier alpha value is -3.60. The molecule has 1 aromatic carbocycles. The van der Waals surface area contributed by atoms with Crippen LogP contribution < -0.4 is 10.1 Å². The van der Waals surface area contributed by atoms with E-state index in [0.29, 0.717) is 23.7 Å². The van der Waals surface area contributed by atoms with Crippen molar-refractivity contribution in [3.63, 3.8) is 0 Å². The minimum absolute atomic E-state index is 0.189. The summed E-state index contributed by atoms with van der Waals surface area (Å²) >= 11 is 0. The number of rotatable bonds is 7. The molecule has 0 fully saturated rings. The Morgan fingerprint density at radius 1 is 1.21 bits per heavy atom. The number of nitrogens with one attached hydrogen (secondary N) is 1. The molecule has 1 unspecified atom stereocenters. The molecule has 0 aliphatic carbocycles. The maximum Gasteiger partial charge on any atom is 0.408 e. The van der Waals surface area contributed by atoms with Crippen LogP contribution >= 0.6 is 0 Å². The second-order valence-electron chi connectivity index (χ2n) is 10.3. The predicted molar refractivity (Wildman–Crippen MR) is 131 cm³/mol. The summed E-state index contributed by atoms with van der Waals surface area (Å²) in [5.41, 5.74) is 1.50. The fourth-order valence-electron chi connectivity index (χ4n) is 4.03. The topological polar surface area (TPSA) is 102 Å². The normalized spacial score (nSPS) is 13.4. The highest BCUT2D eigenvalue weighted by Gasteiger charge is 2.31. The van der Waals surface area contributed by atoms with Gasteiger partial charge in [0.2, 0.25) is 0 Å². The number of nitrogens with zero attached hydrogens (tertiary/aromatic N) is 4. The average molecular weight is 464 g/mol. The van der Waals surface area contributed by atoms with Crippen molar-refractivity contribution in [2.24, 2.45) is 13.0 Å². The van der Waals surface area contributed by atoms with Gasteiger partial charge >= 0.3 is 6.09 Å². The number of carbonyl (C=O) groups is 1. The Bertz CT molecular complexity index is 1220. The first-order valence-electron chi connectivity index (χ1n) is 11.4. The van der Waals surface area contributed by atoms with Gasteiger partial charge < -0.3 is 19.4 Å². The van der Waals surface area contributed by atoms with E-state index in [1.54, 1.807) is 12.1 Å². The van der Waals surface area contributed by atoms with E-state index in [0.717, 1.165) is 22.3 Å². The minimum Gasteiger partial charge on any atom is -0.490 e. The summed E-state index contributed by atoms with van der Waals surface area (Å²) in [7, 11) is 1.93. The molecule has 0 aliphatic heterocycles. The number of benzene rings is 1. The van der Waals surface area contributed by atoms with Crippen molar-refractivity contribution < 1.29 is 14.3 Å². The molecule has 0 bridgehead atoms. The summed E-state index contributed by atoms with van der Waals surface area (Å²) in [6.07, 6.45) is 3.64. The van der Waals surface area contributed by atoms with Gasteiger partial charge in [-0.2, -0.15) is 5.26 Å². The highest BCUT2D eigenvalue weighted by molar-refractivity contribution is 5.91. The van der Waals surface area contributed by atoms with Gasteiger partial charge in [-0.1, -0.05) is 13.8 Å². The lowest BCUT2D eigenvalue weighted by Gasteiger charge is -2.33. The summed E-state index contributed by atoms with van der Waals surface area (Å²) in [6, 6.07) is 9.60. The first-order chi connectivity index (χ1) is 15.9. The van der Waals surface area contributed by atoms with Gasteiger partial charge in [0.25, 0.3) is 0 Å². The quantitative estimate of drug-likeness (QED) is 0.516. The fraction of sp³-hybridized carbons (Fsp3) is 0.462. The molecule has 8 nitrogen and oxygen atoms in total. The lowest BCUT2D eigenvalue weighted by Crippen LogP contribution is -2.52. The molecule has 0 aliphatic rings. The molecule has 2 heterocycles. The van der Waals surface area contributed by atoms with Crippen LogP contribution in [-0.4, -0.2) is 38.4 Å². The molecular weight excluding hydrogens is 430 g/mol. The molecule has 8 heteroatoms. The van der Waals surface area contributed by atoms with Crippen LogP contribution in [0.2, 0.25) is 0 Å². The molecule has 1 amide bonds. The maximum absolute atomic E-state index is 12.4. The number of aromatic nitrogens is 3. The van der Waals surface area contributed by atoms with Crippen molar-refractivity contribution in [1.29, 1.82) is 5.26 Å². The number of hydrogen-bond acceptors (Lipinski definition) is 6. The van der Waals surface area contributed by atoms with Crippen molar-refractivity contribution in [2.45, 2.75) is 59.1 Å².